The minimum atomic E-state index is 0.526. The van der Waals surface area contributed by atoms with Crippen LogP contribution in [-0.2, 0) is 4.79 Å². The van der Waals surface area contributed by atoms with Crippen LogP contribution in [0, 0.1) is 0 Å². The van der Waals surface area contributed by atoms with E-state index < -0.39 is 0 Å². The molecule has 4 nitrogen and oxygen atoms in total. The lowest BCUT2D eigenvalue weighted by Gasteiger charge is -2.05. The smallest absolute Gasteiger partial charge is 0.153 e. The van der Waals surface area contributed by atoms with Gasteiger partial charge in [0.15, 0.2) is 6.29 Å². The van der Waals surface area contributed by atoms with Crippen LogP contribution in [0.4, 0.5) is 0 Å². The molecule has 0 bridgehead atoms. The topological polar surface area (TPSA) is 46.1 Å². The van der Waals surface area contributed by atoms with E-state index in [2.05, 4.69) is 9.97 Å². The van der Waals surface area contributed by atoms with Gasteiger partial charge in [-0.2, -0.15) is 0 Å². The Bertz CT molecular complexity index is 306. The number of carbonyl (C=O) groups excluding carboxylic acids is 1. The number of rotatable bonds is 3. The Morgan fingerprint density at radius 2 is 2.23 bits per heavy atom. The lowest BCUT2D eigenvalue weighted by molar-refractivity contribution is -0.103. The van der Waals surface area contributed by atoms with Gasteiger partial charge in [-0.1, -0.05) is 0 Å². The highest BCUT2D eigenvalue weighted by Gasteiger charge is 2.00. The molecule has 0 aliphatic heterocycles. The molecule has 4 heteroatoms. The van der Waals surface area contributed by atoms with Crippen LogP contribution in [-0.4, -0.2) is 35.2 Å². The van der Waals surface area contributed by atoms with Crippen LogP contribution >= 0.6 is 0 Å². The largest absolute Gasteiger partial charge is 0.383 e. The Morgan fingerprint density at radius 3 is 2.69 bits per heavy atom. The molecular formula is C9H11N3O. The second kappa shape index (κ2) is 4.35. The van der Waals surface area contributed by atoms with Gasteiger partial charge in [-0.05, 0) is 0 Å². The molecule has 1 heterocycles. The van der Waals surface area contributed by atoms with Crippen molar-refractivity contribution in [1.29, 1.82) is 0 Å². The Balaban J connectivity index is 2.98. The lowest BCUT2D eigenvalue weighted by Crippen LogP contribution is -2.04. The number of hydrogen-bond acceptors (Lipinski definition) is 4. The van der Waals surface area contributed by atoms with Crippen molar-refractivity contribution in [2.45, 2.75) is 0 Å². The quantitative estimate of drug-likeness (QED) is 0.500. The SMILES string of the molecule is CN(C)/C=C(/C=O)c1cnccn1. The Morgan fingerprint density at radius 1 is 1.46 bits per heavy atom. The summed E-state index contributed by atoms with van der Waals surface area (Å²) in [5.74, 6) is 0. The van der Waals surface area contributed by atoms with Crippen LogP contribution in [0.15, 0.2) is 24.8 Å². The molecule has 1 aromatic heterocycles. The molecule has 0 spiro atoms. The molecule has 0 fully saturated rings. The first-order valence-corrected chi connectivity index (χ1v) is 3.84. The summed E-state index contributed by atoms with van der Waals surface area (Å²) < 4.78 is 0. The average molecular weight is 177 g/mol. The molecule has 0 radical (unpaired) electrons. The Kier molecular flexibility index (Phi) is 3.14. The van der Waals surface area contributed by atoms with E-state index in [0.29, 0.717) is 11.3 Å². The maximum absolute atomic E-state index is 10.7. The highest BCUT2D eigenvalue weighted by molar-refractivity contribution is 6.05. The number of carbonyl (C=O) groups is 1. The molecule has 1 aromatic rings. The van der Waals surface area contributed by atoms with Crippen LogP contribution in [0.5, 0.6) is 0 Å². The summed E-state index contributed by atoms with van der Waals surface area (Å²) in [6.07, 6.45) is 7.16. The van der Waals surface area contributed by atoms with E-state index >= 15 is 0 Å². The minimum Gasteiger partial charge on any atom is -0.383 e. The van der Waals surface area contributed by atoms with Crippen molar-refractivity contribution in [1.82, 2.24) is 14.9 Å². The molecule has 68 valence electrons. The van der Waals surface area contributed by atoms with Gasteiger partial charge in [0, 0.05) is 32.7 Å². The van der Waals surface area contributed by atoms with Crippen molar-refractivity contribution >= 4 is 11.9 Å². The van der Waals surface area contributed by atoms with Gasteiger partial charge in [0.2, 0.25) is 0 Å². The zero-order valence-corrected chi connectivity index (χ0v) is 7.64. The van der Waals surface area contributed by atoms with Crippen molar-refractivity contribution in [2.75, 3.05) is 14.1 Å². The number of aldehydes is 1. The highest BCUT2D eigenvalue weighted by atomic mass is 16.1. The monoisotopic (exact) mass is 177 g/mol. The third-order valence-electron chi connectivity index (χ3n) is 1.38. The Labute approximate surface area is 76.9 Å². The molecule has 0 amide bonds. The lowest BCUT2D eigenvalue weighted by atomic mass is 10.2. The van der Waals surface area contributed by atoms with Crippen molar-refractivity contribution in [3.8, 4) is 0 Å². The molecule has 0 N–H and O–H groups in total. The molecule has 13 heavy (non-hydrogen) atoms. The van der Waals surface area contributed by atoms with Crippen molar-refractivity contribution in [3.63, 3.8) is 0 Å². The van der Waals surface area contributed by atoms with Gasteiger partial charge in [0.1, 0.15) is 0 Å². The summed E-state index contributed by atoms with van der Waals surface area (Å²) in [6.45, 7) is 0. The average Bonchev–Trinajstić information content (AvgIpc) is 2.15. The summed E-state index contributed by atoms with van der Waals surface area (Å²) >= 11 is 0. The summed E-state index contributed by atoms with van der Waals surface area (Å²) in [4.78, 5) is 20.4. The summed E-state index contributed by atoms with van der Waals surface area (Å²) in [6, 6.07) is 0. The Hall–Kier alpha value is -1.71. The van der Waals surface area contributed by atoms with Crippen molar-refractivity contribution in [3.05, 3.63) is 30.5 Å². The first-order chi connectivity index (χ1) is 6.24. The van der Waals surface area contributed by atoms with Crippen LogP contribution in [0.3, 0.4) is 0 Å². The molecule has 0 saturated heterocycles. The van der Waals surface area contributed by atoms with Gasteiger partial charge in [0.25, 0.3) is 0 Å². The molecular weight excluding hydrogens is 166 g/mol. The van der Waals surface area contributed by atoms with Crippen LogP contribution in [0.25, 0.3) is 5.57 Å². The number of aromatic nitrogens is 2. The second-order valence-corrected chi connectivity index (χ2v) is 2.76. The predicted molar refractivity (Wildman–Crippen MR) is 49.8 cm³/mol. The maximum atomic E-state index is 10.7. The fraction of sp³-hybridized carbons (Fsp3) is 0.222. The van der Waals surface area contributed by atoms with E-state index in [1.54, 1.807) is 29.7 Å². The van der Waals surface area contributed by atoms with Gasteiger partial charge in [0.05, 0.1) is 17.5 Å². The number of allylic oxidation sites excluding steroid dienone is 1. The standard InChI is InChI=1S/C9H11N3O/c1-12(2)6-8(7-13)9-5-10-3-4-11-9/h3-7H,1-2H3/b8-6-. The normalized spacial score (nSPS) is 11.1. The summed E-state index contributed by atoms with van der Waals surface area (Å²) in [5, 5.41) is 0. The molecule has 0 aromatic carbocycles. The maximum Gasteiger partial charge on any atom is 0.153 e. The molecule has 0 unspecified atom stereocenters. The number of nitrogens with zero attached hydrogens (tertiary/aromatic N) is 3. The zero-order valence-electron chi connectivity index (χ0n) is 7.64. The zero-order chi connectivity index (χ0) is 9.68. The first-order valence-electron chi connectivity index (χ1n) is 3.84. The fourth-order valence-electron chi connectivity index (χ4n) is 0.883. The third kappa shape index (κ3) is 2.66. The summed E-state index contributed by atoms with van der Waals surface area (Å²) in [5.41, 5.74) is 1.12. The van der Waals surface area contributed by atoms with Crippen LogP contribution in [0.2, 0.25) is 0 Å². The van der Waals surface area contributed by atoms with Crippen molar-refractivity contribution < 1.29 is 4.79 Å². The summed E-state index contributed by atoms with van der Waals surface area (Å²) in [7, 11) is 3.69. The van der Waals surface area contributed by atoms with E-state index in [9.17, 15) is 4.79 Å². The highest BCUT2D eigenvalue weighted by Crippen LogP contribution is 2.06. The van der Waals surface area contributed by atoms with Gasteiger partial charge in [-0.15, -0.1) is 0 Å². The van der Waals surface area contributed by atoms with Crippen LogP contribution in [0.1, 0.15) is 5.69 Å². The van der Waals surface area contributed by atoms with E-state index in [1.807, 2.05) is 14.1 Å². The van der Waals surface area contributed by atoms with E-state index in [4.69, 9.17) is 0 Å². The van der Waals surface area contributed by atoms with Gasteiger partial charge >= 0.3 is 0 Å². The number of hydrogen-bond donors (Lipinski definition) is 0. The molecule has 0 aliphatic carbocycles. The van der Waals surface area contributed by atoms with Crippen LogP contribution < -0.4 is 0 Å². The van der Waals surface area contributed by atoms with E-state index in [-0.39, 0.29) is 0 Å². The fourth-order valence-corrected chi connectivity index (χ4v) is 0.883. The molecule has 0 saturated carbocycles. The van der Waals surface area contributed by atoms with Gasteiger partial charge in [-0.25, -0.2) is 0 Å². The first kappa shape index (κ1) is 9.38. The minimum absolute atomic E-state index is 0.526. The predicted octanol–water partition coefficient (Wildman–Crippen LogP) is 0.578. The molecule has 1 rings (SSSR count). The van der Waals surface area contributed by atoms with E-state index in [0.717, 1.165) is 6.29 Å². The van der Waals surface area contributed by atoms with Gasteiger partial charge < -0.3 is 4.90 Å². The van der Waals surface area contributed by atoms with Crippen molar-refractivity contribution in [2.24, 2.45) is 0 Å². The van der Waals surface area contributed by atoms with E-state index in [1.165, 1.54) is 0 Å². The second-order valence-electron chi connectivity index (χ2n) is 2.76. The molecule has 0 aliphatic rings. The van der Waals surface area contributed by atoms with Gasteiger partial charge in [-0.3, -0.25) is 14.8 Å². The molecule has 0 atom stereocenters. The third-order valence-corrected chi connectivity index (χ3v) is 1.38.